The van der Waals surface area contributed by atoms with E-state index < -0.39 is 18.0 Å². The number of benzene rings is 2. The van der Waals surface area contributed by atoms with Gasteiger partial charge in [-0.25, -0.2) is 0 Å². The molecule has 7 nitrogen and oxygen atoms in total. The molecule has 7 heteroatoms. The third-order valence-corrected chi connectivity index (χ3v) is 4.29. The Bertz CT molecular complexity index is 788. The molecule has 1 N–H and O–H groups in total. The molecule has 0 saturated heterocycles. The van der Waals surface area contributed by atoms with Crippen molar-refractivity contribution in [2.75, 3.05) is 35.5 Å². The summed E-state index contributed by atoms with van der Waals surface area (Å²) in [6.45, 7) is 0. The van der Waals surface area contributed by atoms with E-state index in [1.165, 1.54) is 35.5 Å². The molecule has 0 fully saturated rings. The Morgan fingerprint density at radius 3 is 1.63 bits per heavy atom. The molecule has 146 valence electrons. The van der Waals surface area contributed by atoms with Gasteiger partial charge in [-0.05, 0) is 35.4 Å². The van der Waals surface area contributed by atoms with Crippen LogP contribution in [0.3, 0.4) is 0 Å². The zero-order valence-corrected chi connectivity index (χ0v) is 16.0. The van der Waals surface area contributed by atoms with Crippen molar-refractivity contribution in [2.24, 2.45) is 0 Å². The molecule has 0 saturated carbocycles. The molecule has 2 atom stereocenters. The van der Waals surface area contributed by atoms with Crippen molar-refractivity contribution in [3.05, 3.63) is 47.5 Å². The van der Waals surface area contributed by atoms with Crippen LogP contribution in [0.25, 0.3) is 0 Å². The molecular formula is C20H24O7. The maximum atomic E-state index is 12.4. The summed E-state index contributed by atoms with van der Waals surface area (Å²) in [6.07, 6.45) is -1.17. The highest BCUT2D eigenvalue weighted by atomic mass is 16.5. The zero-order chi connectivity index (χ0) is 20.0. The molecular weight excluding hydrogens is 352 g/mol. The molecule has 0 aliphatic carbocycles. The third kappa shape index (κ3) is 4.25. The topological polar surface area (TPSA) is 83.5 Å². The van der Waals surface area contributed by atoms with Gasteiger partial charge in [0, 0.05) is 0 Å². The highest BCUT2D eigenvalue weighted by Crippen LogP contribution is 2.39. The van der Waals surface area contributed by atoms with Crippen molar-refractivity contribution in [3.63, 3.8) is 0 Å². The van der Waals surface area contributed by atoms with Gasteiger partial charge in [0.15, 0.2) is 23.0 Å². The molecule has 27 heavy (non-hydrogen) atoms. The monoisotopic (exact) mass is 376 g/mol. The fourth-order valence-corrected chi connectivity index (χ4v) is 2.85. The predicted octanol–water partition coefficient (Wildman–Crippen LogP) is 2.71. The predicted molar refractivity (Wildman–Crippen MR) is 98.8 cm³/mol. The average molecular weight is 376 g/mol. The van der Waals surface area contributed by atoms with Crippen LogP contribution in [0.5, 0.6) is 23.0 Å². The molecule has 2 aromatic carbocycles. The number of aliphatic hydroxyl groups is 1. The summed E-state index contributed by atoms with van der Waals surface area (Å²) in [5.41, 5.74) is 1.01. The lowest BCUT2D eigenvalue weighted by Gasteiger charge is -2.23. The van der Waals surface area contributed by atoms with Crippen molar-refractivity contribution in [1.82, 2.24) is 0 Å². The summed E-state index contributed by atoms with van der Waals surface area (Å²) in [7, 11) is 7.32. The van der Waals surface area contributed by atoms with E-state index in [-0.39, 0.29) is 0 Å². The van der Waals surface area contributed by atoms with E-state index in [2.05, 4.69) is 0 Å². The van der Waals surface area contributed by atoms with E-state index in [9.17, 15) is 9.90 Å². The van der Waals surface area contributed by atoms with Gasteiger partial charge in [-0.15, -0.1) is 0 Å². The van der Waals surface area contributed by atoms with Gasteiger partial charge in [0.05, 0.1) is 41.7 Å². The number of rotatable bonds is 8. The standard InChI is InChI=1S/C20H24O7/c1-23-14-8-6-12(10-16(14)25-3)18(20(22)27-5)19(21)13-7-9-15(24-2)17(11-13)26-4/h6-11,18-19,21H,1-5H3/t18-,19+/m0/s1. The summed E-state index contributed by atoms with van der Waals surface area (Å²) < 4.78 is 25.9. The zero-order valence-electron chi connectivity index (χ0n) is 16.0. The van der Waals surface area contributed by atoms with Crippen LogP contribution in [0, 0.1) is 0 Å². The van der Waals surface area contributed by atoms with Gasteiger partial charge < -0.3 is 28.8 Å². The highest BCUT2D eigenvalue weighted by molar-refractivity contribution is 5.79. The van der Waals surface area contributed by atoms with Gasteiger partial charge in [0.1, 0.15) is 5.92 Å². The second kappa shape index (κ2) is 9.14. The first-order valence-electron chi connectivity index (χ1n) is 8.20. The Labute approximate surface area is 158 Å². The minimum atomic E-state index is -1.17. The van der Waals surface area contributed by atoms with E-state index in [0.29, 0.717) is 34.1 Å². The van der Waals surface area contributed by atoms with E-state index >= 15 is 0 Å². The van der Waals surface area contributed by atoms with E-state index in [4.69, 9.17) is 23.7 Å². The lowest BCUT2D eigenvalue weighted by Crippen LogP contribution is -2.22. The van der Waals surface area contributed by atoms with Crippen LogP contribution < -0.4 is 18.9 Å². The SMILES string of the molecule is COC(=O)[C@@H](c1ccc(OC)c(OC)c1)[C@H](O)c1ccc(OC)c(OC)c1. The maximum Gasteiger partial charge on any atom is 0.316 e. The lowest BCUT2D eigenvalue weighted by molar-refractivity contribution is -0.145. The van der Waals surface area contributed by atoms with Gasteiger partial charge in [-0.1, -0.05) is 12.1 Å². The van der Waals surface area contributed by atoms with Crippen LogP contribution in [0.2, 0.25) is 0 Å². The number of hydrogen-bond acceptors (Lipinski definition) is 7. The maximum absolute atomic E-state index is 12.4. The molecule has 0 aliphatic heterocycles. The fraction of sp³-hybridized carbons (Fsp3) is 0.350. The third-order valence-electron chi connectivity index (χ3n) is 4.29. The number of ether oxygens (including phenoxy) is 5. The summed E-state index contributed by atoms with van der Waals surface area (Å²) >= 11 is 0. The van der Waals surface area contributed by atoms with Crippen LogP contribution in [-0.2, 0) is 9.53 Å². The van der Waals surface area contributed by atoms with Crippen molar-refractivity contribution < 1.29 is 33.6 Å². The van der Waals surface area contributed by atoms with Crippen LogP contribution in [-0.4, -0.2) is 46.6 Å². The Morgan fingerprint density at radius 2 is 1.19 bits per heavy atom. The molecule has 0 amide bonds. The molecule has 0 spiro atoms. The largest absolute Gasteiger partial charge is 0.493 e. The molecule has 2 aromatic rings. The molecule has 2 rings (SSSR count). The van der Waals surface area contributed by atoms with Crippen molar-refractivity contribution in [1.29, 1.82) is 0 Å². The number of hydrogen-bond donors (Lipinski definition) is 1. The summed E-state index contributed by atoms with van der Waals surface area (Å²) in [5.74, 6) is 0.394. The van der Waals surface area contributed by atoms with Gasteiger partial charge in [-0.2, -0.15) is 0 Å². The second-order valence-corrected chi connectivity index (χ2v) is 5.67. The van der Waals surface area contributed by atoms with Gasteiger partial charge in [-0.3, -0.25) is 4.79 Å². The van der Waals surface area contributed by atoms with Crippen molar-refractivity contribution in [2.45, 2.75) is 12.0 Å². The minimum Gasteiger partial charge on any atom is -0.493 e. The first kappa shape index (κ1) is 20.4. The van der Waals surface area contributed by atoms with Crippen molar-refractivity contribution in [3.8, 4) is 23.0 Å². The lowest BCUT2D eigenvalue weighted by atomic mass is 9.88. The smallest absolute Gasteiger partial charge is 0.316 e. The Morgan fingerprint density at radius 1 is 0.741 bits per heavy atom. The number of aliphatic hydroxyl groups excluding tert-OH is 1. The quantitative estimate of drug-likeness (QED) is 0.709. The molecule has 0 aromatic heterocycles. The Hall–Kier alpha value is -2.93. The number of carbonyl (C=O) groups is 1. The summed E-state index contributed by atoms with van der Waals surface area (Å²) in [6, 6.07) is 9.96. The highest BCUT2D eigenvalue weighted by Gasteiger charge is 2.32. The van der Waals surface area contributed by atoms with Crippen LogP contribution in [0.15, 0.2) is 36.4 Å². The molecule has 0 bridgehead atoms. The Kier molecular flexibility index (Phi) is 6.90. The number of methoxy groups -OCH3 is 5. The summed E-state index contributed by atoms with van der Waals surface area (Å²) in [5, 5.41) is 10.9. The first-order chi connectivity index (χ1) is 13.0. The van der Waals surface area contributed by atoms with Crippen LogP contribution in [0.1, 0.15) is 23.1 Å². The van der Waals surface area contributed by atoms with E-state index in [1.54, 1.807) is 36.4 Å². The van der Waals surface area contributed by atoms with Crippen LogP contribution in [0.4, 0.5) is 0 Å². The van der Waals surface area contributed by atoms with Crippen molar-refractivity contribution >= 4 is 5.97 Å². The van der Waals surface area contributed by atoms with E-state index in [1.807, 2.05) is 0 Å². The van der Waals surface area contributed by atoms with E-state index in [0.717, 1.165) is 0 Å². The number of carbonyl (C=O) groups excluding carboxylic acids is 1. The normalized spacial score (nSPS) is 12.7. The molecule has 0 heterocycles. The molecule has 0 unspecified atom stereocenters. The second-order valence-electron chi connectivity index (χ2n) is 5.67. The average Bonchev–Trinajstić information content (AvgIpc) is 2.72. The fourth-order valence-electron chi connectivity index (χ4n) is 2.85. The number of esters is 1. The summed E-state index contributed by atoms with van der Waals surface area (Å²) in [4.78, 5) is 12.4. The molecule has 0 radical (unpaired) electrons. The van der Waals surface area contributed by atoms with Gasteiger partial charge in [0.25, 0.3) is 0 Å². The Balaban J connectivity index is 2.49. The van der Waals surface area contributed by atoms with Crippen LogP contribution >= 0.6 is 0 Å². The minimum absolute atomic E-state index is 0.448. The molecule has 0 aliphatic rings. The van der Waals surface area contributed by atoms with Gasteiger partial charge >= 0.3 is 5.97 Å². The van der Waals surface area contributed by atoms with Gasteiger partial charge in [0.2, 0.25) is 0 Å². The first-order valence-corrected chi connectivity index (χ1v) is 8.20.